The monoisotopic (exact) mass is 371 g/mol. The molecule has 2 N–H and O–H groups in total. The average Bonchev–Trinajstić information content (AvgIpc) is 3.17. The van der Waals surface area contributed by atoms with Crippen LogP contribution in [-0.2, 0) is 6.54 Å². The molecule has 6 nitrogen and oxygen atoms in total. The van der Waals surface area contributed by atoms with E-state index in [0.717, 1.165) is 17.0 Å². The molecular weight excluding hydrogens is 354 g/mol. The highest BCUT2D eigenvalue weighted by atomic mass is 35.5. The zero-order chi connectivity index (χ0) is 18.5. The molecule has 134 valence electrons. The molecule has 1 amide bonds. The summed E-state index contributed by atoms with van der Waals surface area (Å²) in [7, 11) is 1.52. The lowest BCUT2D eigenvalue weighted by atomic mass is 10.2. The zero-order valence-electron chi connectivity index (χ0n) is 14.4. The predicted octanol–water partition coefficient (Wildman–Crippen LogP) is 4.51. The summed E-state index contributed by atoms with van der Waals surface area (Å²) in [5.41, 5.74) is 2.47. The fourth-order valence-corrected chi connectivity index (χ4v) is 2.50. The molecule has 0 bridgehead atoms. The van der Waals surface area contributed by atoms with E-state index in [9.17, 15) is 4.79 Å². The number of hydrogen-bond acceptors (Lipinski definition) is 5. The van der Waals surface area contributed by atoms with E-state index < -0.39 is 0 Å². The first kappa shape index (κ1) is 17.8. The van der Waals surface area contributed by atoms with Crippen molar-refractivity contribution in [3.05, 3.63) is 70.9 Å². The van der Waals surface area contributed by atoms with E-state index in [2.05, 4.69) is 15.6 Å². The molecule has 0 unspecified atom stereocenters. The fraction of sp³-hybridized carbons (Fsp3) is 0.158. The van der Waals surface area contributed by atoms with Crippen molar-refractivity contribution in [3.8, 4) is 5.75 Å². The van der Waals surface area contributed by atoms with Crippen LogP contribution in [0, 0.1) is 6.92 Å². The van der Waals surface area contributed by atoms with Gasteiger partial charge in [0.1, 0.15) is 17.2 Å². The van der Waals surface area contributed by atoms with E-state index in [1.54, 1.807) is 36.7 Å². The lowest BCUT2D eigenvalue weighted by molar-refractivity contribution is 0.102. The normalized spacial score (nSPS) is 10.4. The van der Waals surface area contributed by atoms with Crippen LogP contribution >= 0.6 is 11.6 Å². The Morgan fingerprint density at radius 2 is 2.15 bits per heavy atom. The summed E-state index contributed by atoms with van der Waals surface area (Å²) in [6.45, 7) is 2.40. The lowest BCUT2D eigenvalue weighted by Crippen LogP contribution is -2.14. The molecule has 26 heavy (non-hydrogen) atoms. The molecule has 1 aromatic carbocycles. The summed E-state index contributed by atoms with van der Waals surface area (Å²) in [4.78, 5) is 16.6. The first-order valence-electron chi connectivity index (χ1n) is 7.94. The van der Waals surface area contributed by atoms with Crippen LogP contribution in [0.2, 0.25) is 5.02 Å². The van der Waals surface area contributed by atoms with Gasteiger partial charge >= 0.3 is 0 Å². The van der Waals surface area contributed by atoms with Crippen molar-refractivity contribution in [2.45, 2.75) is 13.5 Å². The second kappa shape index (κ2) is 7.93. The van der Waals surface area contributed by atoms with Gasteiger partial charge in [-0.1, -0.05) is 11.6 Å². The van der Waals surface area contributed by atoms with Crippen LogP contribution in [0.4, 0.5) is 11.4 Å². The van der Waals surface area contributed by atoms with E-state index in [4.69, 9.17) is 20.8 Å². The van der Waals surface area contributed by atoms with Crippen molar-refractivity contribution < 1.29 is 13.9 Å². The largest absolute Gasteiger partial charge is 0.495 e. The minimum atomic E-state index is -0.331. The van der Waals surface area contributed by atoms with Gasteiger partial charge < -0.3 is 19.8 Å². The highest BCUT2D eigenvalue weighted by Crippen LogP contribution is 2.31. The van der Waals surface area contributed by atoms with Crippen LogP contribution in [0.15, 0.2) is 53.3 Å². The maximum Gasteiger partial charge on any atom is 0.274 e. The number of rotatable bonds is 6. The maximum absolute atomic E-state index is 12.4. The van der Waals surface area contributed by atoms with Crippen LogP contribution < -0.4 is 15.4 Å². The van der Waals surface area contributed by atoms with E-state index in [1.807, 2.05) is 19.1 Å². The Balaban J connectivity index is 1.67. The van der Waals surface area contributed by atoms with Gasteiger partial charge in [0.15, 0.2) is 0 Å². The van der Waals surface area contributed by atoms with Gasteiger partial charge in [-0.15, -0.1) is 0 Å². The molecule has 0 aliphatic rings. The lowest BCUT2D eigenvalue weighted by Gasteiger charge is -2.12. The number of aryl methyl sites for hydroxylation is 1. The van der Waals surface area contributed by atoms with Crippen LogP contribution in [0.25, 0.3) is 0 Å². The summed E-state index contributed by atoms with van der Waals surface area (Å²) in [6, 6.07) is 10.6. The van der Waals surface area contributed by atoms with Gasteiger partial charge in [-0.25, -0.2) is 4.98 Å². The number of ether oxygens (including phenoxy) is 1. The van der Waals surface area contributed by atoms with Gasteiger partial charge in [0, 0.05) is 11.1 Å². The Bertz CT molecular complexity index is 893. The number of aromatic nitrogens is 1. The highest BCUT2D eigenvalue weighted by Gasteiger charge is 2.13. The number of halogens is 1. The Hall–Kier alpha value is -2.99. The van der Waals surface area contributed by atoms with E-state index in [-0.39, 0.29) is 5.91 Å². The van der Waals surface area contributed by atoms with Crippen LogP contribution in [-0.4, -0.2) is 18.0 Å². The molecular formula is C19H18ClN3O3. The number of benzene rings is 1. The summed E-state index contributed by atoms with van der Waals surface area (Å²) >= 11 is 6.08. The fourth-order valence-electron chi connectivity index (χ4n) is 2.35. The summed E-state index contributed by atoms with van der Waals surface area (Å²) in [5, 5.41) is 6.55. The number of methoxy groups -OCH3 is 1. The van der Waals surface area contributed by atoms with E-state index in [1.165, 1.54) is 7.11 Å². The third kappa shape index (κ3) is 4.15. The minimum absolute atomic E-state index is 0.295. The van der Waals surface area contributed by atoms with Gasteiger partial charge in [0.2, 0.25) is 0 Å². The molecule has 0 aliphatic heterocycles. The van der Waals surface area contributed by atoms with Gasteiger partial charge in [0.05, 0.1) is 37.5 Å². The third-order valence-corrected chi connectivity index (χ3v) is 4.18. The van der Waals surface area contributed by atoms with Gasteiger partial charge in [-0.3, -0.25) is 4.79 Å². The number of pyridine rings is 1. The Morgan fingerprint density at radius 3 is 2.81 bits per heavy atom. The molecule has 0 saturated carbocycles. The maximum atomic E-state index is 12.4. The molecule has 0 atom stereocenters. The zero-order valence-corrected chi connectivity index (χ0v) is 15.1. The molecule has 0 radical (unpaired) electrons. The van der Waals surface area contributed by atoms with Gasteiger partial charge in [-0.05, 0) is 42.8 Å². The Kier molecular flexibility index (Phi) is 5.43. The van der Waals surface area contributed by atoms with E-state index in [0.29, 0.717) is 28.7 Å². The number of anilines is 2. The van der Waals surface area contributed by atoms with Gasteiger partial charge in [-0.2, -0.15) is 0 Å². The van der Waals surface area contributed by atoms with Crippen molar-refractivity contribution >= 4 is 28.9 Å². The Morgan fingerprint density at radius 1 is 1.31 bits per heavy atom. The first-order chi connectivity index (χ1) is 12.6. The molecule has 3 rings (SSSR count). The number of furan rings is 1. The molecule has 0 aliphatic carbocycles. The summed E-state index contributed by atoms with van der Waals surface area (Å²) in [5.74, 6) is 0.977. The third-order valence-electron chi connectivity index (χ3n) is 3.77. The standard InChI is InChI=1S/C19H18ClN3O3/c1-12-8-17(18(25-2)9-15(12)20)23-19(24)16-6-5-13(10-22-16)21-11-14-4-3-7-26-14/h3-10,21H,11H2,1-2H3,(H,23,24). The number of carbonyl (C=O) groups is 1. The summed E-state index contributed by atoms with van der Waals surface area (Å²) < 4.78 is 10.5. The topological polar surface area (TPSA) is 76.4 Å². The van der Waals surface area contributed by atoms with Gasteiger partial charge in [0.25, 0.3) is 5.91 Å². The number of hydrogen-bond donors (Lipinski definition) is 2. The second-order valence-corrected chi connectivity index (χ2v) is 6.03. The number of nitrogens with zero attached hydrogens (tertiary/aromatic N) is 1. The molecule has 7 heteroatoms. The SMILES string of the molecule is COc1cc(Cl)c(C)cc1NC(=O)c1ccc(NCc2ccco2)cn1. The molecule has 0 spiro atoms. The molecule has 2 aromatic heterocycles. The minimum Gasteiger partial charge on any atom is -0.495 e. The van der Waals surface area contributed by atoms with Crippen molar-refractivity contribution in [1.82, 2.24) is 4.98 Å². The average molecular weight is 372 g/mol. The van der Waals surface area contributed by atoms with Crippen LogP contribution in [0.5, 0.6) is 5.75 Å². The van der Waals surface area contributed by atoms with Crippen molar-refractivity contribution in [2.24, 2.45) is 0 Å². The van der Waals surface area contributed by atoms with Crippen molar-refractivity contribution in [2.75, 3.05) is 17.7 Å². The smallest absolute Gasteiger partial charge is 0.274 e. The van der Waals surface area contributed by atoms with Crippen molar-refractivity contribution in [3.63, 3.8) is 0 Å². The Labute approximate surface area is 156 Å². The number of carbonyl (C=O) groups excluding carboxylic acids is 1. The molecule has 2 heterocycles. The summed E-state index contributed by atoms with van der Waals surface area (Å²) in [6.07, 6.45) is 3.22. The number of amides is 1. The van der Waals surface area contributed by atoms with Crippen LogP contribution in [0.1, 0.15) is 21.8 Å². The van der Waals surface area contributed by atoms with Crippen LogP contribution in [0.3, 0.4) is 0 Å². The molecule has 3 aromatic rings. The van der Waals surface area contributed by atoms with E-state index >= 15 is 0 Å². The predicted molar refractivity (Wildman–Crippen MR) is 101 cm³/mol. The quantitative estimate of drug-likeness (QED) is 0.666. The first-order valence-corrected chi connectivity index (χ1v) is 8.32. The number of nitrogens with one attached hydrogen (secondary N) is 2. The second-order valence-electron chi connectivity index (χ2n) is 5.62. The highest BCUT2D eigenvalue weighted by molar-refractivity contribution is 6.31. The molecule has 0 saturated heterocycles. The molecule has 0 fully saturated rings. The van der Waals surface area contributed by atoms with Crippen molar-refractivity contribution in [1.29, 1.82) is 0 Å².